The molecule has 0 fully saturated rings. The molecule has 0 atom stereocenters. The molecule has 0 spiro atoms. The van der Waals surface area contributed by atoms with Crippen molar-refractivity contribution in [1.82, 2.24) is 0 Å². The summed E-state index contributed by atoms with van der Waals surface area (Å²) in [5, 5.41) is 0. The van der Waals surface area contributed by atoms with Crippen molar-refractivity contribution < 1.29 is 23.7 Å². The number of nitrogen functional groups attached to an aromatic ring is 1. The van der Waals surface area contributed by atoms with Crippen molar-refractivity contribution in [3.8, 4) is 5.75 Å². The average molecular weight is 370 g/mol. The summed E-state index contributed by atoms with van der Waals surface area (Å²) in [4.78, 5) is 0. The van der Waals surface area contributed by atoms with Crippen molar-refractivity contribution >= 4 is 5.69 Å². The van der Waals surface area contributed by atoms with Gasteiger partial charge >= 0.3 is 0 Å². The molecule has 0 unspecified atom stereocenters. The minimum atomic E-state index is 0.505. The molecule has 0 aliphatic carbocycles. The Labute approximate surface area is 157 Å². The van der Waals surface area contributed by atoms with Crippen molar-refractivity contribution in [2.75, 3.05) is 65.2 Å². The molecule has 0 amide bonds. The Balaban J connectivity index is 1.72. The topological polar surface area (TPSA) is 72.2 Å². The number of hydrogen-bond donors (Lipinski definition) is 1. The molecular weight excluding hydrogens is 334 g/mol. The molecule has 1 aromatic rings. The van der Waals surface area contributed by atoms with Crippen molar-refractivity contribution in [2.24, 2.45) is 0 Å². The first-order valence-electron chi connectivity index (χ1n) is 9.62. The van der Waals surface area contributed by atoms with Gasteiger partial charge in [-0.05, 0) is 30.7 Å². The second-order valence-corrected chi connectivity index (χ2v) is 5.93. The van der Waals surface area contributed by atoms with Crippen LogP contribution >= 0.6 is 0 Å². The largest absolute Gasteiger partial charge is 0.491 e. The highest BCUT2D eigenvalue weighted by atomic mass is 16.6. The van der Waals surface area contributed by atoms with E-state index in [-0.39, 0.29) is 0 Å². The average Bonchev–Trinajstić information content (AvgIpc) is 2.66. The predicted molar refractivity (Wildman–Crippen MR) is 104 cm³/mol. The lowest BCUT2D eigenvalue weighted by Crippen LogP contribution is -2.13. The monoisotopic (exact) mass is 369 g/mol. The van der Waals surface area contributed by atoms with Crippen LogP contribution in [0.3, 0.4) is 0 Å². The number of rotatable bonds is 18. The Morgan fingerprint density at radius 1 is 0.615 bits per heavy atom. The summed E-state index contributed by atoms with van der Waals surface area (Å²) in [5.74, 6) is 0.793. The zero-order valence-corrected chi connectivity index (χ0v) is 16.1. The number of benzene rings is 1. The smallest absolute Gasteiger partial charge is 0.119 e. The normalized spacial score (nSPS) is 11.0. The summed E-state index contributed by atoms with van der Waals surface area (Å²) >= 11 is 0. The summed E-state index contributed by atoms with van der Waals surface area (Å²) in [5.41, 5.74) is 6.34. The number of unbranched alkanes of at least 4 members (excludes halogenated alkanes) is 3. The molecule has 0 heterocycles. The van der Waals surface area contributed by atoms with Gasteiger partial charge in [0, 0.05) is 12.3 Å². The Hall–Kier alpha value is -1.34. The van der Waals surface area contributed by atoms with Crippen LogP contribution in [0.1, 0.15) is 32.6 Å². The SMILES string of the molecule is CCCCCCOCCOCCOCCOCCOc1ccc(N)cc1. The first kappa shape index (κ1) is 22.7. The van der Waals surface area contributed by atoms with Gasteiger partial charge in [0.05, 0.1) is 46.2 Å². The molecule has 26 heavy (non-hydrogen) atoms. The molecule has 0 saturated carbocycles. The maximum atomic E-state index is 5.61. The van der Waals surface area contributed by atoms with E-state index in [0.29, 0.717) is 52.9 Å². The van der Waals surface area contributed by atoms with Crippen LogP contribution in [0.15, 0.2) is 24.3 Å². The molecule has 150 valence electrons. The third-order valence-corrected chi connectivity index (χ3v) is 3.63. The lowest BCUT2D eigenvalue weighted by molar-refractivity contribution is -0.00486. The van der Waals surface area contributed by atoms with E-state index < -0.39 is 0 Å². The van der Waals surface area contributed by atoms with E-state index in [4.69, 9.17) is 29.4 Å². The van der Waals surface area contributed by atoms with Crippen LogP contribution in [-0.2, 0) is 18.9 Å². The Morgan fingerprint density at radius 2 is 1.12 bits per heavy atom. The molecule has 0 saturated heterocycles. The highest BCUT2D eigenvalue weighted by Crippen LogP contribution is 2.12. The van der Waals surface area contributed by atoms with Gasteiger partial charge < -0.3 is 29.4 Å². The van der Waals surface area contributed by atoms with Crippen LogP contribution in [0.2, 0.25) is 0 Å². The molecule has 1 aromatic carbocycles. The van der Waals surface area contributed by atoms with Crippen LogP contribution in [0.5, 0.6) is 5.75 Å². The van der Waals surface area contributed by atoms with Crippen LogP contribution in [0.4, 0.5) is 5.69 Å². The van der Waals surface area contributed by atoms with Crippen LogP contribution in [0, 0.1) is 0 Å². The third-order valence-electron chi connectivity index (χ3n) is 3.63. The van der Waals surface area contributed by atoms with Gasteiger partial charge in [-0.15, -0.1) is 0 Å². The fourth-order valence-corrected chi connectivity index (χ4v) is 2.18. The van der Waals surface area contributed by atoms with Crippen LogP contribution < -0.4 is 10.5 Å². The Bertz CT molecular complexity index is 413. The Morgan fingerprint density at radius 3 is 1.65 bits per heavy atom. The van der Waals surface area contributed by atoms with E-state index in [9.17, 15) is 0 Å². The van der Waals surface area contributed by atoms with E-state index in [2.05, 4.69) is 6.92 Å². The van der Waals surface area contributed by atoms with E-state index in [1.54, 1.807) is 0 Å². The number of anilines is 1. The molecule has 2 N–H and O–H groups in total. The molecule has 0 aliphatic heterocycles. The predicted octanol–water partition coefficient (Wildman–Crippen LogP) is 3.29. The maximum absolute atomic E-state index is 5.61. The Kier molecular flexibility index (Phi) is 14.9. The second kappa shape index (κ2) is 17.1. The van der Waals surface area contributed by atoms with Crippen LogP contribution in [-0.4, -0.2) is 59.5 Å². The zero-order valence-electron chi connectivity index (χ0n) is 16.1. The fraction of sp³-hybridized carbons (Fsp3) is 0.700. The quantitative estimate of drug-likeness (QED) is 0.316. The third kappa shape index (κ3) is 13.9. The van der Waals surface area contributed by atoms with E-state index in [0.717, 1.165) is 24.5 Å². The molecule has 0 radical (unpaired) electrons. The van der Waals surface area contributed by atoms with Gasteiger partial charge in [-0.3, -0.25) is 0 Å². The second-order valence-electron chi connectivity index (χ2n) is 5.93. The highest BCUT2D eigenvalue weighted by Gasteiger charge is 1.95. The molecular formula is C20H35NO5. The molecule has 0 aromatic heterocycles. The molecule has 0 aliphatic rings. The van der Waals surface area contributed by atoms with Crippen molar-refractivity contribution in [2.45, 2.75) is 32.6 Å². The van der Waals surface area contributed by atoms with Crippen molar-refractivity contribution in [3.63, 3.8) is 0 Å². The number of hydrogen-bond acceptors (Lipinski definition) is 6. The van der Waals surface area contributed by atoms with Gasteiger partial charge in [0.25, 0.3) is 0 Å². The number of ether oxygens (including phenoxy) is 5. The molecule has 6 heteroatoms. The van der Waals surface area contributed by atoms with Gasteiger partial charge in [-0.25, -0.2) is 0 Å². The van der Waals surface area contributed by atoms with Crippen LogP contribution in [0.25, 0.3) is 0 Å². The van der Waals surface area contributed by atoms with Gasteiger partial charge in [0.2, 0.25) is 0 Å². The summed E-state index contributed by atoms with van der Waals surface area (Å²) < 4.78 is 27.3. The molecule has 0 bridgehead atoms. The van der Waals surface area contributed by atoms with E-state index in [1.807, 2.05) is 24.3 Å². The lowest BCUT2D eigenvalue weighted by Gasteiger charge is -2.08. The standard InChI is InChI=1S/C20H35NO5/c1-2-3-4-5-10-22-11-12-23-13-14-24-15-16-25-17-18-26-20-8-6-19(21)7-9-20/h6-9H,2-5,10-18,21H2,1H3. The molecule has 6 nitrogen and oxygen atoms in total. The summed E-state index contributed by atoms with van der Waals surface area (Å²) in [6.07, 6.45) is 4.94. The maximum Gasteiger partial charge on any atom is 0.119 e. The minimum absolute atomic E-state index is 0.505. The summed E-state index contributed by atoms with van der Waals surface area (Å²) in [6.45, 7) is 7.61. The van der Waals surface area contributed by atoms with Gasteiger partial charge in [0.1, 0.15) is 12.4 Å². The van der Waals surface area contributed by atoms with Gasteiger partial charge in [0.15, 0.2) is 0 Å². The van der Waals surface area contributed by atoms with E-state index >= 15 is 0 Å². The number of nitrogens with two attached hydrogens (primary N) is 1. The van der Waals surface area contributed by atoms with Gasteiger partial charge in [-0.1, -0.05) is 26.2 Å². The summed E-state index contributed by atoms with van der Waals surface area (Å²) in [6, 6.07) is 7.31. The first-order chi connectivity index (χ1) is 12.8. The van der Waals surface area contributed by atoms with E-state index in [1.165, 1.54) is 19.3 Å². The van der Waals surface area contributed by atoms with Crippen molar-refractivity contribution in [1.29, 1.82) is 0 Å². The lowest BCUT2D eigenvalue weighted by atomic mass is 10.2. The first-order valence-corrected chi connectivity index (χ1v) is 9.62. The summed E-state index contributed by atoms with van der Waals surface area (Å²) in [7, 11) is 0. The van der Waals surface area contributed by atoms with Crippen molar-refractivity contribution in [3.05, 3.63) is 24.3 Å². The fourth-order valence-electron chi connectivity index (χ4n) is 2.18. The highest BCUT2D eigenvalue weighted by molar-refractivity contribution is 5.41. The van der Waals surface area contributed by atoms with Gasteiger partial charge in [-0.2, -0.15) is 0 Å². The molecule has 1 rings (SSSR count). The zero-order chi connectivity index (χ0) is 18.7. The minimum Gasteiger partial charge on any atom is -0.491 e.